The van der Waals surface area contributed by atoms with Crippen LogP contribution in [0.2, 0.25) is 0 Å². The van der Waals surface area contributed by atoms with Gasteiger partial charge in [0, 0.05) is 11.4 Å². The van der Waals surface area contributed by atoms with E-state index < -0.39 is 5.97 Å². The predicted molar refractivity (Wildman–Crippen MR) is 122 cm³/mol. The first-order chi connectivity index (χ1) is 14.9. The number of hydrogen-bond donors (Lipinski definition) is 2. The van der Waals surface area contributed by atoms with Crippen molar-refractivity contribution in [3.8, 4) is 17.1 Å². The minimum Gasteiger partial charge on any atom is -0.507 e. The number of aromatic nitrogens is 3. The van der Waals surface area contributed by atoms with Crippen molar-refractivity contribution in [1.82, 2.24) is 14.8 Å². The quantitative estimate of drug-likeness (QED) is 0.382. The molecule has 0 saturated heterocycles. The molecule has 10 heteroatoms. The van der Waals surface area contributed by atoms with Crippen molar-refractivity contribution >= 4 is 40.0 Å². The van der Waals surface area contributed by atoms with E-state index in [-0.39, 0.29) is 24.0 Å². The molecule has 0 aliphatic carbocycles. The SMILES string of the molecule is CCOC(=O)c1c(NC(=O)CSc2nnc(-c3ccccc3O)n2CC)sc(C)c1C. The number of thioether (sulfide) groups is 1. The molecule has 3 rings (SSSR count). The summed E-state index contributed by atoms with van der Waals surface area (Å²) in [5, 5.41) is 22.4. The molecule has 0 aliphatic rings. The highest BCUT2D eigenvalue weighted by Crippen LogP contribution is 2.34. The highest BCUT2D eigenvalue weighted by atomic mass is 32.2. The molecule has 0 atom stereocenters. The number of carbonyl (C=O) groups excluding carboxylic acids is 2. The Morgan fingerprint density at radius 2 is 1.97 bits per heavy atom. The van der Waals surface area contributed by atoms with Gasteiger partial charge < -0.3 is 19.7 Å². The molecule has 0 unspecified atom stereocenters. The maximum atomic E-state index is 12.6. The van der Waals surface area contributed by atoms with Crippen LogP contribution in [-0.4, -0.2) is 44.1 Å². The number of phenols is 1. The number of hydrogen-bond acceptors (Lipinski definition) is 8. The molecule has 31 heavy (non-hydrogen) atoms. The van der Waals surface area contributed by atoms with Gasteiger partial charge in [0.2, 0.25) is 5.91 Å². The van der Waals surface area contributed by atoms with Gasteiger partial charge >= 0.3 is 5.97 Å². The molecule has 1 amide bonds. The Labute approximate surface area is 188 Å². The molecule has 0 fully saturated rings. The van der Waals surface area contributed by atoms with Crippen molar-refractivity contribution in [2.24, 2.45) is 0 Å². The summed E-state index contributed by atoms with van der Waals surface area (Å²) in [5.74, 6) is 0.0558. The zero-order chi connectivity index (χ0) is 22.5. The fourth-order valence-electron chi connectivity index (χ4n) is 3.00. The lowest BCUT2D eigenvalue weighted by Gasteiger charge is -2.09. The van der Waals surface area contributed by atoms with Crippen LogP contribution in [-0.2, 0) is 16.1 Å². The maximum absolute atomic E-state index is 12.6. The molecular weight excluding hydrogens is 436 g/mol. The molecule has 2 heterocycles. The Bertz CT molecular complexity index is 1110. The Morgan fingerprint density at radius 3 is 2.65 bits per heavy atom. The van der Waals surface area contributed by atoms with Gasteiger partial charge in [0.25, 0.3) is 0 Å². The molecule has 0 aliphatic heterocycles. The lowest BCUT2D eigenvalue weighted by atomic mass is 10.1. The van der Waals surface area contributed by atoms with Crippen LogP contribution in [0.3, 0.4) is 0 Å². The van der Waals surface area contributed by atoms with E-state index in [2.05, 4.69) is 15.5 Å². The average Bonchev–Trinajstić information content (AvgIpc) is 3.27. The number of aryl methyl sites for hydroxylation is 1. The van der Waals surface area contributed by atoms with E-state index in [1.807, 2.05) is 31.4 Å². The van der Waals surface area contributed by atoms with Crippen molar-refractivity contribution in [3.05, 3.63) is 40.3 Å². The largest absolute Gasteiger partial charge is 0.507 e. The van der Waals surface area contributed by atoms with Crippen LogP contribution in [0.25, 0.3) is 11.4 Å². The fraction of sp³-hybridized carbons (Fsp3) is 0.333. The van der Waals surface area contributed by atoms with Gasteiger partial charge in [-0.3, -0.25) is 4.79 Å². The molecule has 0 spiro atoms. The lowest BCUT2D eigenvalue weighted by molar-refractivity contribution is -0.113. The van der Waals surface area contributed by atoms with Crippen LogP contribution in [0.5, 0.6) is 5.75 Å². The van der Waals surface area contributed by atoms with E-state index in [0.717, 1.165) is 10.4 Å². The van der Waals surface area contributed by atoms with Crippen molar-refractivity contribution in [1.29, 1.82) is 0 Å². The number of nitrogens with one attached hydrogen (secondary N) is 1. The van der Waals surface area contributed by atoms with Crippen molar-refractivity contribution in [2.75, 3.05) is 17.7 Å². The predicted octanol–water partition coefficient (Wildman–Crippen LogP) is 4.26. The van der Waals surface area contributed by atoms with Gasteiger partial charge in [-0.05, 0) is 45.4 Å². The highest BCUT2D eigenvalue weighted by molar-refractivity contribution is 7.99. The highest BCUT2D eigenvalue weighted by Gasteiger charge is 2.23. The monoisotopic (exact) mass is 460 g/mol. The normalized spacial score (nSPS) is 10.8. The van der Waals surface area contributed by atoms with E-state index in [9.17, 15) is 14.7 Å². The Hall–Kier alpha value is -2.85. The zero-order valence-corrected chi connectivity index (χ0v) is 19.4. The maximum Gasteiger partial charge on any atom is 0.341 e. The zero-order valence-electron chi connectivity index (χ0n) is 17.8. The van der Waals surface area contributed by atoms with E-state index in [4.69, 9.17) is 4.74 Å². The van der Waals surface area contributed by atoms with E-state index in [0.29, 0.717) is 33.7 Å². The van der Waals surface area contributed by atoms with Crippen LogP contribution in [0.15, 0.2) is 29.4 Å². The van der Waals surface area contributed by atoms with E-state index in [1.165, 1.54) is 23.1 Å². The number of benzene rings is 1. The molecule has 2 N–H and O–H groups in total. The van der Waals surface area contributed by atoms with Crippen molar-refractivity contribution in [3.63, 3.8) is 0 Å². The smallest absolute Gasteiger partial charge is 0.341 e. The van der Waals surface area contributed by atoms with Crippen LogP contribution >= 0.6 is 23.1 Å². The van der Waals surface area contributed by atoms with Gasteiger partial charge in [0.1, 0.15) is 10.8 Å². The van der Waals surface area contributed by atoms with Crippen LogP contribution in [0, 0.1) is 13.8 Å². The molecule has 8 nitrogen and oxygen atoms in total. The Balaban J connectivity index is 1.74. The van der Waals surface area contributed by atoms with Crippen LogP contribution < -0.4 is 5.32 Å². The van der Waals surface area contributed by atoms with Gasteiger partial charge in [-0.15, -0.1) is 21.5 Å². The molecule has 2 aromatic heterocycles. The topological polar surface area (TPSA) is 106 Å². The first-order valence-electron chi connectivity index (χ1n) is 9.78. The van der Waals surface area contributed by atoms with E-state index >= 15 is 0 Å². The second kappa shape index (κ2) is 9.97. The summed E-state index contributed by atoms with van der Waals surface area (Å²) in [4.78, 5) is 25.8. The van der Waals surface area contributed by atoms with Gasteiger partial charge in [0.15, 0.2) is 11.0 Å². The number of esters is 1. The summed E-state index contributed by atoms with van der Waals surface area (Å²) in [5.41, 5.74) is 1.79. The summed E-state index contributed by atoms with van der Waals surface area (Å²) in [6, 6.07) is 6.92. The number of ether oxygens (including phenoxy) is 1. The van der Waals surface area contributed by atoms with Crippen LogP contribution in [0.1, 0.15) is 34.6 Å². The molecule has 0 bridgehead atoms. The minimum atomic E-state index is -0.440. The number of phenolic OH excluding ortho intramolecular Hbond substituents is 1. The summed E-state index contributed by atoms with van der Waals surface area (Å²) in [7, 11) is 0. The van der Waals surface area contributed by atoms with E-state index in [1.54, 1.807) is 25.1 Å². The van der Waals surface area contributed by atoms with Gasteiger partial charge in [-0.25, -0.2) is 4.79 Å². The number of nitrogens with zero attached hydrogens (tertiary/aromatic N) is 3. The molecule has 1 aromatic carbocycles. The molecule has 0 saturated carbocycles. The number of para-hydroxylation sites is 1. The third-order valence-electron chi connectivity index (χ3n) is 4.63. The first kappa shape index (κ1) is 22.8. The first-order valence-corrected chi connectivity index (χ1v) is 11.6. The number of anilines is 1. The number of rotatable bonds is 8. The molecule has 0 radical (unpaired) electrons. The number of amides is 1. The van der Waals surface area contributed by atoms with Gasteiger partial charge in [-0.2, -0.15) is 0 Å². The summed E-state index contributed by atoms with van der Waals surface area (Å²) in [6.45, 7) is 8.28. The van der Waals surface area contributed by atoms with Gasteiger partial charge in [-0.1, -0.05) is 23.9 Å². The fourth-order valence-corrected chi connectivity index (χ4v) is 4.87. The molecular formula is C21H24N4O4S2. The second-order valence-electron chi connectivity index (χ2n) is 6.61. The average molecular weight is 461 g/mol. The van der Waals surface area contributed by atoms with Crippen molar-refractivity contribution in [2.45, 2.75) is 39.4 Å². The number of aromatic hydroxyl groups is 1. The van der Waals surface area contributed by atoms with Gasteiger partial charge in [0.05, 0.1) is 23.5 Å². The minimum absolute atomic E-state index is 0.0944. The Kier molecular flexibility index (Phi) is 7.34. The van der Waals surface area contributed by atoms with Crippen LogP contribution in [0.4, 0.5) is 5.00 Å². The number of carbonyl (C=O) groups is 2. The standard InChI is InChI=1S/C21H24N4O4S2/c1-5-25-18(14-9-7-8-10-15(14)26)23-24-21(25)30-11-16(27)22-19-17(20(28)29-6-2)12(3)13(4)31-19/h7-10,26H,5-6,11H2,1-4H3,(H,22,27). The lowest BCUT2D eigenvalue weighted by Crippen LogP contribution is -2.17. The molecule has 164 valence electrons. The summed E-state index contributed by atoms with van der Waals surface area (Å²) in [6.07, 6.45) is 0. The third-order valence-corrected chi connectivity index (χ3v) is 6.72. The summed E-state index contributed by atoms with van der Waals surface area (Å²) < 4.78 is 6.97. The second-order valence-corrected chi connectivity index (χ2v) is 8.78. The number of thiophene rings is 1. The third kappa shape index (κ3) is 4.91. The molecule has 3 aromatic rings. The Morgan fingerprint density at radius 1 is 1.23 bits per heavy atom. The summed E-state index contributed by atoms with van der Waals surface area (Å²) >= 11 is 2.59. The van der Waals surface area contributed by atoms with Crippen molar-refractivity contribution < 1.29 is 19.4 Å².